The van der Waals surface area contributed by atoms with Crippen LogP contribution in [-0.2, 0) is 11.3 Å². The zero-order valence-electron chi connectivity index (χ0n) is 14.1. The number of nitrogens with one attached hydrogen (secondary N) is 1. The molecule has 6 nitrogen and oxygen atoms in total. The molecule has 3 heterocycles. The summed E-state index contributed by atoms with van der Waals surface area (Å²) in [5, 5.41) is 2.98. The summed E-state index contributed by atoms with van der Waals surface area (Å²) in [6.07, 6.45) is 7.60. The topological polar surface area (TPSA) is 67.6 Å². The number of hydrogen-bond acceptors (Lipinski definition) is 5. The van der Waals surface area contributed by atoms with Crippen LogP contribution in [0.25, 0.3) is 0 Å². The van der Waals surface area contributed by atoms with Gasteiger partial charge in [-0.3, -0.25) is 14.7 Å². The van der Waals surface area contributed by atoms with Crippen LogP contribution >= 0.6 is 0 Å². The lowest BCUT2D eigenvalue weighted by molar-refractivity contribution is -0.0757. The van der Waals surface area contributed by atoms with E-state index in [1.54, 1.807) is 18.3 Å². The predicted molar refractivity (Wildman–Crippen MR) is 91.9 cm³/mol. The minimum absolute atomic E-state index is 0.156. The first-order valence-corrected chi connectivity index (χ1v) is 8.87. The van der Waals surface area contributed by atoms with E-state index in [1.165, 1.54) is 11.8 Å². The SMILES string of the molecule is O=C(NCC1CCC2C1OCCN2Cc1cccnc1)c1ccco1. The molecule has 0 aromatic carbocycles. The molecular formula is C19H23N3O3. The summed E-state index contributed by atoms with van der Waals surface area (Å²) in [5.74, 6) is 0.550. The van der Waals surface area contributed by atoms with E-state index in [4.69, 9.17) is 9.15 Å². The van der Waals surface area contributed by atoms with E-state index in [9.17, 15) is 4.79 Å². The van der Waals surface area contributed by atoms with Crippen LogP contribution in [0.2, 0.25) is 0 Å². The molecule has 2 fully saturated rings. The molecule has 1 saturated carbocycles. The van der Waals surface area contributed by atoms with Gasteiger partial charge in [0.1, 0.15) is 0 Å². The summed E-state index contributed by atoms with van der Waals surface area (Å²) in [6, 6.07) is 7.92. The van der Waals surface area contributed by atoms with Crippen LogP contribution < -0.4 is 5.32 Å². The number of amides is 1. The van der Waals surface area contributed by atoms with E-state index in [0.717, 1.165) is 32.5 Å². The summed E-state index contributed by atoms with van der Waals surface area (Å²) in [7, 11) is 0. The Kier molecular flexibility index (Phi) is 4.81. The average molecular weight is 341 g/mol. The molecule has 0 spiro atoms. The molecule has 1 aliphatic carbocycles. The van der Waals surface area contributed by atoms with Crippen molar-refractivity contribution >= 4 is 5.91 Å². The van der Waals surface area contributed by atoms with Crippen molar-refractivity contribution in [2.75, 3.05) is 19.7 Å². The molecule has 6 heteroatoms. The molecule has 2 aliphatic rings. The second-order valence-electron chi connectivity index (χ2n) is 6.76. The molecule has 2 aromatic rings. The van der Waals surface area contributed by atoms with Gasteiger partial charge in [-0.2, -0.15) is 0 Å². The van der Waals surface area contributed by atoms with E-state index in [2.05, 4.69) is 21.3 Å². The average Bonchev–Trinajstić information content (AvgIpc) is 3.31. The lowest BCUT2D eigenvalue weighted by Crippen LogP contribution is -2.50. The zero-order valence-corrected chi connectivity index (χ0v) is 14.1. The number of furan rings is 1. The standard InChI is InChI=1S/C19H23N3O3/c23-19(17-4-2-9-24-17)21-12-15-5-6-16-18(15)25-10-8-22(16)13-14-3-1-7-20-11-14/h1-4,7,9,11,15-16,18H,5-6,8,10,12-13H2,(H,21,23). The fraction of sp³-hybridized carbons (Fsp3) is 0.474. The molecule has 25 heavy (non-hydrogen) atoms. The number of pyridine rings is 1. The van der Waals surface area contributed by atoms with Gasteiger partial charge in [-0.1, -0.05) is 6.07 Å². The van der Waals surface area contributed by atoms with Gasteiger partial charge >= 0.3 is 0 Å². The second kappa shape index (κ2) is 7.37. The first kappa shape index (κ1) is 16.3. The van der Waals surface area contributed by atoms with E-state index in [-0.39, 0.29) is 12.0 Å². The van der Waals surface area contributed by atoms with Crippen molar-refractivity contribution in [3.8, 4) is 0 Å². The fourth-order valence-electron chi connectivity index (χ4n) is 4.00. The van der Waals surface area contributed by atoms with Crippen molar-refractivity contribution in [3.63, 3.8) is 0 Å². The third-order valence-corrected chi connectivity index (χ3v) is 5.21. The van der Waals surface area contributed by atoms with Gasteiger partial charge in [0.2, 0.25) is 0 Å². The minimum Gasteiger partial charge on any atom is -0.459 e. The molecule has 1 aliphatic heterocycles. The summed E-state index contributed by atoms with van der Waals surface area (Å²) >= 11 is 0. The van der Waals surface area contributed by atoms with Gasteiger partial charge < -0.3 is 14.5 Å². The molecule has 132 valence electrons. The van der Waals surface area contributed by atoms with Crippen molar-refractivity contribution in [3.05, 3.63) is 54.2 Å². The summed E-state index contributed by atoms with van der Waals surface area (Å²) in [5.41, 5.74) is 1.23. The highest BCUT2D eigenvalue weighted by atomic mass is 16.5. The third-order valence-electron chi connectivity index (χ3n) is 5.21. The predicted octanol–water partition coefficient (Wildman–Crippen LogP) is 2.08. The van der Waals surface area contributed by atoms with Gasteiger partial charge in [0.05, 0.1) is 19.0 Å². The highest BCUT2D eigenvalue weighted by Gasteiger charge is 2.42. The maximum absolute atomic E-state index is 12.1. The summed E-state index contributed by atoms with van der Waals surface area (Å²) in [4.78, 5) is 18.8. The molecule has 4 rings (SSSR count). The van der Waals surface area contributed by atoms with Crippen LogP contribution in [0.15, 0.2) is 47.3 Å². The highest BCUT2D eigenvalue weighted by Crippen LogP contribution is 2.35. The minimum atomic E-state index is -0.156. The van der Waals surface area contributed by atoms with Gasteiger partial charge in [-0.25, -0.2) is 0 Å². The number of rotatable bonds is 5. The Bertz CT molecular complexity index is 689. The fourth-order valence-corrected chi connectivity index (χ4v) is 4.00. The van der Waals surface area contributed by atoms with Crippen molar-refractivity contribution in [1.82, 2.24) is 15.2 Å². The molecule has 1 amide bonds. The second-order valence-corrected chi connectivity index (χ2v) is 6.76. The Labute approximate surface area is 147 Å². The Morgan fingerprint density at radius 2 is 2.28 bits per heavy atom. The number of fused-ring (bicyclic) bond motifs is 1. The van der Waals surface area contributed by atoms with Gasteiger partial charge in [-0.15, -0.1) is 0 Å². The van der Waals surface area contributed by atoms with E-state index >= 15 is 0 Å². The Morgan fingerprint density at radius 1 is 1.32 bits per heavy atom. The number of nitrogens with zero attached hydrogens (tertiary/aromatic N) is 2. The van der Waals surface area contributed by atoms with Gasteiger partial charge in [-0.05, 0) is 36.6 Å². The first-order chi connectivity index (χ1) is 12.3. The quantitative estimate of drug-likeness (QED) is 0.902. The number of carbonyl (C=O) groups excluding carboxylic acids is 1. The maximum atomic E-state index is 12.1. The van der Waals surface area contributed by atoms with Crippen molar-refractivity contribution < 1.29 is 13.9 Å². The number of ether oxygens (including phenoxy) is 1. The van der Waals surface area contributed by atoms with Crippen LogP contribution in [0.3, 0.4) is 0 Å². The van der Waals surface area contributed by atoms with Crippen LogP contribution in [0.4, 0.5) is 0 Å². The summed E-state index contributed by atoms with van der Waals surface area (Å²) < 4.78 is 11.2. The Hall–Kier alpha value is -2.18. The van der Waals surface area contributed by atoms with Crippen LogP contribution in [0.1, 0.15) is 29.0 Å². The molecule has 0 bridgehead atoms. The smallest absolute Gasteiger partial charge is 0.286 e. The number of hydrogen-bond donors (Lipinski definition) is 1. The van der Waals surface area contributed by atoms with Crippen LogP contribution in [-0.4, -0.2) is 47.6 Å². The molecule has 1 saturated heterocycles. The molecular weight excluding hydrogens is 318 g/mol. The molecule has 2 aromatic heterocycles. The Morgan fingerprint density at radius 3 is 3.08 bits per heavy atom. The van der Waals surface area contributed by atoms with Crippen LogP contribution in [0, 0.1) is 5.92 Å². The molecule has 3 unspecified atom stereocenters. The van der Waals surface area contributed by atoms with Gasteiger partial charge in [0.25, 0.3) is 5.91 Å². The zero-order chi connectivity index (χ0) is 17.1. The molecule has 3 atom stereocenters. The maximum Gasteiger partial charge on any atom is 0.286 e. The highest BCUT2D eigenvalue weighted by molar-refractivity contribution is 5.91. The van der Waals surface area contributed by atoms with Crippen molar-refractivity contribution in [2.45, 2.75) is 31.5 Å². The normalized spacial score (nSPS) is 26.3. The summed E-state index contributed by atoms with van der Waals surface area (Å²) in [6.45, 7) is 3.22. The molecule has 0 radical (unpaired) electrons. The van der Waals surface area contributed by atoms with E-state index in [1.807, 2.05) is 12.3 Å². The third kappa shape index (κ3) is 3.60. The van der Waals surface area contributed by atoms with Gasteiger partial charge in [0.15, 0.2) is 5.76 Å². The first-order valence-electron chi connectivity index (χ1n) is 8.87. The van der Waals surface area contributed by atoms with Gasteiger partial charge in [0, 0.05) is 44.0 Å². The number of morpholine rings is 1. The Balaban J connectivity index is 1.35. The lowest BCUT2D eigenvalue weighted by Gasteiger charge is -2.39. The largest absolute Gasteiger partial charge is 0.459 e. The van der Waals surface area contributed by atoms with E-state index in [0.29, 0.717) is 24.3 Å². The number of aromatic nitrogens is 1. The van der Waals surface area contributed by atoms with Crippen molar-refractivity contribution in [2.24, 2.45) is 5.92 Å². The monoisotopic (exact) mass is 341 g/mol. The number of carbonyl (C=O) groups is 1. The van der Waals surface area contributed by atoms with Crippen molar-refractivity contribution in [1.29, 1.82) is 0 Å². The van der Waals surface area contributed by atoms with E-state index < -0.39 is 0 Å². The molecule has 1 N–H and O–H groups in total. The lowest BCUT2D eigenvalue weighted by atomic mass is 10.0. The van der Waals surface area contributed by atoms with Crippen LogP contribution in [0.5, 0.6) is 0 Å².